The molecule has 2 aromatic carbocycles. The van der Waals surface area contributed by atoms with Gasteiger partial charge in [0.1, 0.15) is 5.82 Å². The number of carbonyl (C=O) groups is 1. The highest BCUT2D eigenvalue weighted by molar-refractivity contribution is 5.69. The van der Waals surface area contributed by atoms with Crippen LogP contribution in [0, 0.1) is 5.82 Å². The van der Waals surface area contributed by atoms with E-state index in [1.54, 1.807) is 12.1 Å². The molecule has 0 aliphatic rings. The molecular formula is C16H15FO2. The topological polar surface area (TPSA) is 37.3 Å². The zero-order valence-corrected chi connectivity index (χ0v) is 10.6. The van der Waals surface area contributed by atoms with Crippen LogP contribution in [0.25, 0.3) is 11.1 Å². The molecule has 0 heterocycles. The summed E-state index contributed by atoms with van der Waals surface area (Å²) in [5.74, 6) is -1.28. The van der Waals surface area contributed by atoms with Gasteiger partial charge in [-0.05, 0) is 29.2 Å². The van der Waals surface area contributed by atoms with Crippen LogP contribution in [-0.4, -0.2) is 11.1 Å². The van der Waals surface area contributed by atoms with E-state index in [9.17, 15) is 9.18 Å². The van der Waals surface area contributed by atoms with E-state index in [0.29, 0.717) is 5.56 Å². The third-order valence-corrected chi connectivity index (χ3v) is 3.13. The smallest absolute Gasteiger partial charge is 0.303 e. The Labute approximate surface area is 111 Å². The molecule has 0 saturated carbocycles. The van der Waals surface area contributed by atoms with Crippen LogP contribution < -0.4 is 0 Å². The predicted molar refractivity (Wildman–Crippen MR) is 72.5 cm³/mol. The Morgan fingerprint density at radius 3 is 2.53 bits per heavy atom. The number of halogens is 1. The van der Waals surface area contributed by atoms with E-state index in [-0.39, 0.29) is 18.2 Å². The summed E-state index contributed by atoms with van der Waals surface area (Å²) >= 11 is 0. The minimum atomic E-state index is -0.849. The van der Waals surface area contributed by atoms with Gasteiger partial charge in [-0.25, -0.2) is 4.39 Å². The molecule has 98 valence electrons. The number of benzene rings is 2. The van der Waals surface area contributed by atoms with Crippen molar-refractivity contribution in [1.82, 2.24) is 0 Å². The lowest BCUT2D eigenvalue weighted by molar-refractivity contribution is -0.137. The normalized spacial score (nSPS) is 12.1. The van der Waals surface area contributed by atoms with E-state index in [1.165, 1.54) is 6.07 Å². The zero-order valence-electron chi connectivity index (χ0n) is 10.6. The molecule has 3 heteroatoms. The summed E-state index contributed by atoms with van der Waals surface area (Å²) in [5, 5.41) is 8.81. The van der Waals surface area contributed by atoms with Crippen molar-refractivity contribution in [3.63, 3.8) is 0 Å². The Kier molecular flexibility index (Phi) is 3.95. The molecule has 0 amide bonds. The first kappa shape index (κ1) is 13.3. The molecule has 0 aromatic heterocycles. The van der Waals surface area contributed by atoms with Crippen molar-refractivity contribution in [2.75, 3.05) is 0 Å². The highest BCUT2D eigenvalue weighted by atomic mass is 19.1. The largest absolute Gasteiger partial charge is 0.481 e. The van der Waals surface area contributed by atoms with Gasteiger partial charge in [0, 0.05) is 5.56 Å². The average molecular weight is 258 g/mol. The molecule has 0 fully saturated rings. The van der Waals surface area contributed by atoms with Crippen LogP contribution in [-0.2, 0) is 4.79 Å². The quantitative estimate of drug-likeness (QED) is 0.897. The summed E-state index contributed by atoms with van der Waals surface area (Å²) in [6.07, 6.45) is 0.0415. The predicted octanol–water partition coefficient (Wildman–Crippen LogP) is 4.07. The summed E-state index contributed by atoms with van der Waals surface area (Å²) in [6, 6.07) is 14.0. The van der Waals surface area contributed by atoms with Gasteiger partial charge in [-0.3, -0.25) is 4.79 Å². The van der Waals surface area contributed by atoms with Crippen LogP contribution in [0.1, 0.15) is 24.8 Å². The van der Waals surface area contributed by atoms with Gasteiger partial charge < -0.3 is 5.11 Å². The van der Waals surface area contributed by atoms with Crippen molar-refractivity contribution >= 4 is 5.97 Å². The lowest BCUT2D eigenvalue weighted by Crippen LogP contribution is -2.03. The Bertz CT molecular complexity index is 579. The Balaban J connectivity index is 2.38. The van der Waals surface area contributed by atoms with Crippen molar-refractivity contribution in [3.05, 3.63) is 59.9 Å². The van der Waals surface area contributed by atoms with E-state index in [0.717, 1.165) is 11.1 Å². The first-order chi connectivity index (χ1) is 9.08. The van der Waals surface area contributed by atoms with Gasteiger partial charge in [0.15, 0.2) is 0 Å². The lowest BCUT2D eigenvalue weighted by Gasteiger charge is -2.12. The maximum absolute atomic E-state index is 13.9. The second kappa shape index (κ2) is 5.65. The molecular weight excluding hydrogens is 243 g/mol. The molecule has 2 rings (SSSR count). The highest BCUT2D eigenvalue weighted by Gasteiger charge is 2.13. The summed E-state index contributed by atoms with van der Waals surface area (Å²) in [5.41, 5.74) is 2.14. The summed E-state index contributed by atoms with van der Waals surface area (Å²) in [7, 11) is 0. The Morgan fingerprint density at radius 2 is 1.89 bits per heavy atom. The van der Waals surface area contributed by atoms with E-state index in [2.05, 4.69) is 0 Å². The first-order valence-electron chi connectivity index (χ1n) is 6.14. The number of carboxylic acids is 1. The lowest BCUT2D eigenvalue weighted by atomic mass is 9.94. The fraction of sp³-hybridized carbons (Fsp3) is 0.188. The number of rotatable bonds is 4. The molecule has 1 N–H and O–H groups in total. The van der Waals surface area contributed by atoms with Gasteiger partial charge in [0.25, 0.3) is 0 Å². The van der Waals surface area contributed by atoms with Crippen molar-refractivity contribution in [3.8, 4) is 11.1 Å². The molecule has 2 nitrogen and oxygen atoms in total. The van der Waals surface area contributed by atoms with Crippen molar-refractivity contribution in [2.45, 2.75) is 19.3 Å². The second-order valence-corrected chi connectivity index (χ2v) is 4.60. The van der Waals surface area contributed by atoms with Gasteiger partial charge in [0.05, 0.1) is 6.42 Å². The van der Waals surface area contributed by atoms with Crippen molar-refractivity contribution < 1.29 is 14.3 Å². The first-order valence-corrected chi connectivity index (χ1v) is 6.14. The van der Waals surface area contributed by atoms with Gasteiger partial charge >= 0.3 is 5.97 Å². The van der Waals surface area contributed by atoms with Crippen LogP contribution in [0.2, 0.25) is 0 Å². The van der Waals surface area contributed by atoms with Crippen LogP contribution in [0.3, 0.4) is 0 Å². The zero-order chi connectivity index (χ0) is 13.8. The molecule has 0 bridgehead atoms. The molecule has 19 heavy (non-hydrogen) atoms. The minimum Gasteiger partial charge on any atom is -0.481 e. The third kappa shape index (κ3) is 3.19. The Hall–Kier alpha value is -2.16. The SMILES string of the molecule is CC(CC(=O)O)c1ccc(F)c(-c2ccccc2)c1. The molecule has 0 aliphatic heterocycles. The van der Waals surface area contributed by atoms with Crippen LogP contribution in [0.15, 0.2) is 48.5 Å². The van der Waals surface area contributed by atoms with E-state index >= 15 is 0 Å². The fourth-order valence-electron chi connectivity index (χ4n) is 2.07. The molecule has 0 spiro atoms. The monoisotopic (exact) mass is 258 g/mol. The molecule has 0 aliphatic carbocycles. The van der Waals surface area contributed by atoms with E-state index in [1.807, 2.05) is 37.3 Å². The fourth-order valence-corrected chi connectivity index (χ4v) is 2.07. The standard InChI is InChI=1S/C16H15FO2/c1-11(9-16(18)19)13-7-8-15(17)14(10-13)12-5-3-2-4-6-12/h2-8,10-11H,9H2,1H3,(H,18,19). The number of hydrogen-bond acceptors (Lipinski definition) is 1. The number of hydrogen-bond donors (Lipinski definition) is 1. The highest BCUT2D eigenvalue weighted by Crippen LogP contribution is 2.28. The molecule has 1 unspecified atom stereocenters. The molecule has 1 atom stereocenters. The van der Waals surface area contributed by atoms with Crippen LogP contribution >= 0.6 is 0 Å². The van der Waals surface area contributed by atoms with Gasteiger partial charge in [-0.2, -0.15) is 0 Å². The average Bonchev–Trinajstić information content (AvgIpc) is 2.39. The molecule has 0 saturated heterocycles. The third-order valence-electron chi connectivity index (χ3n) is 3.13. The number of aliphatic carboxylic acids is 1. The maximum Gasteiger partial charge on any atom is 0.303 e. The van der Waals surface area contributed by atoms with Crippen molar-refractivity contribution in [2.24, 2.45) is 0 Å². The van der Waals surface area contributed by atoms with Crippen LogP contribution in [0.5, 0.6) is 0 Å². The molecule has 2 aromatic rings. The summed E-state index contributed by atoms with van der Waals surface area (Å²) in [4.78, 5) is 10.7. The number of carboxylic acid groups (broad SMARTS) is 1. The van der Waals surface area contributed by atoms with Gasteiger partial charge in [-0.15, -0.1) is 0 Å². The molecule has 0 radical (unpaired) electrons. The summed E-state index contributed by atoms with van der Waals surface area (Å²) in [6.45, 7) is 1.83. The maximum atomic E-state index is 13.9. The Morgan fingerprint density at radius 1 is 1.21 bits per heavy atom. The van der Waals surface area contributed by atoms with Crippen LogP contribution in [0.4, 0.5) is 4.39 Å². The summed E-state index contributed by atoms with van der Waals surface area (Å²) < 4.78 is 13.9. The van der Waals surface area contributed by atoms with Gasteiger partial charge in [0.2, 0.25) is 0 Å². The van der Waals surface area contributed by atoms with E-state index < -0.39 is 5.97 Å². The second-order valence-electron chi connectivity index (χ2n) is 4.60. The van der Waals surface area contributed by atoms with E-state index in [4.69, 9.17) is 5.11 Å². The minimum absolute atomic E-state index is 0.0415. The van der Waals surface area contributed by atoms with Gasteiger partial charge in [-0.1, -0.05) is 43.3 Å². The van der Waals surface area contributed by atoms with Crippen molar-refractivity contribution in [1.29, 1.82) is 0 Å².